The topological polar surface area (TPSA) is 50.3 Å². The van der Waals surface area contributed by atoms with Crippen LogP contribution in [0.4, 0.5) is 23.1 Å². The summed E-state index contributed by atoms with van der Waals surface area (Å²) in [7, 11) is 0. The van der Waals surface area contributed by atoms with E-state index in [4.69, 9.17) is 9.72 Å². The third-order valence-corrected chi connectivity index (χ3v) is 4.51. The number of rotatable bonds is 5. The number of fused-ring (bicyclic) bond motifs is 1. The van der Waals surface area contributed by atoms with Crippen molar-refractivity contribution < 1.29 is 4.74 Å². The minimum atomic E-state index is 0.163. The first-order valence-corrected chi connectivity index (χ1v) is 9.41. The third-order valence-electron chi connectivity index (χ3n) is 4.51. The fraction of sp³-hybridized carbons (Fsp3) is 0.273. The van der Waals surface area contributed by atoms with E-state index in [1.165, 1.54) is 11.3 Å². The molecule has 0 saturated carbocycles. The minimum Gasteiger partial charge on any atom is -0.491 e. The van der Waals surface area contributed by atoms with Crippen LogP contribution in [0.5, 0.6) is 5.75 Å². The van der Waals surface area contributed by atoms with E-state index in [0.717, 1.165) is 36.6 Å². The SMILES string of the molecule is CC(C)Oc1ccc(Nc2nccc(N3CCCc4ccccc43)n2)cc1. The van der Waals surface area contributed by atoms with Gasteiger partial charge in [0.15, 0.2) is 0 Å². The smallest absolute Gasteiger partial charge is 0.229 e. The molecule has 0 radical (unpaired) electrons. The zero-order chi connectivity index (χ0) is 18.6. The third kappa shape index (κ3) is 4.03. The highest BCUT2D eigenvalue weighted by Gasteiger charge is 2.19. The molecule has 0 saturated heterocycles. The van der Waals surface area contributed by atoms with Crippen molar-refractivity contribution in [1.29, 1.82) is 0 Å². The Kier molecular flexibility index (Phi) is 4.92. The van der Waals surface area contributed by atoms with E-state index >= 15 is 0 Å². The van der Waals surface area contributed by atoms with Gasteiger partial charge in [-0.3, -0.25) is 0 Å². The maximum absolute atomic E-state index is 5.69. The van der Waals surface area contributed by atoms with Crippen molar-refractivity contribution in [1.82, 2.24) is 9.97 Å². The van der Waals surface area contributed by atoms with Gasteiger partial charge in [-0.25, -0.2) is 4.98 Å². The van der Waals surface area contributed by atoms with Gasteiger partial charge in [-0.2, -0.15) is 4.98 Å². The summed E-state index contributed by atoms with van der Waals surface area (Å²) in [6.07, 6.45) is 4.21. The summed E-state index contributed by atoms with van der Waals surface area (Å²) in [5, 5.41) is 3.28. The molecule has 1 aromatic heterocycles. The second kappa shape index (κ2) is 7.66. The second-order valence-corrected chi connectivity index (χ2v) is 6.94. The lowest BCUT2D eigenvalue weighted by molar-refractivity contribution is 0.242. The highest BCUT2D eigenvalue weighted by molar-refractivity contribution is 5.66. The van der Waals surface area contributed by atoms with Gasteiger partial charge in [-0.05, 0) is 68.7 Å². The van der Waals surface area contributed by atoms with Crippen molar-refractivity contribution in [2.24, 2.45) is 0 Å². The number of aromatic nitrogens is 2. The standard InChI is InChI=1S/C22H24N4O/c1-16(2)27-19-11-9-18(10-12-19)24-22-23-14-13-21(25-22)26-15-5-7-17-6-3-4-8-20(17)26/h3-4,6,8-14,16H,5,7,15H2,1-2H3,(H,23,24,25). The van der Waals surface area contributed by atoms with Crippen molar-refractivity contribution in [3.63, 3.8) is 0 Å². The van der Waals surface area contributed by atoms with Crippen LogP contribution < -0.4 is 15.0 Å². The Labute approximate surface area is 160 Å². The van der Waals surface area contributed by atoms with Crippen molar-refractivity contribution in [2.45, 2.75) is 32.8 Å². The molecule has 3 aromatic rings. The molecule has 4 rings (SSSR count). The van der Waals surface area contributed by atoms with Crippen LogP contribution in [0.2, 0.25) is 0 Å². The minimum absolute atomic E-state index is 0.163. The number of hydrogen-bond donors (Lipinski definition) is 1. The van der Waals surface area contributed by atoms with Crippen LogP contribution in [0.1, 0.15) is 25.8 Å². The zero-order valence-electron chi connectivity index (χ0n) is 15.7. The Hall–Kier alpha value is -3.08. The largest absolute Gasteiger partial charge is 0.491 e. The molecule has 0 aliphatic carbocycles. The summed E-state index contributed by atoms with van der Waals surface area (Å²) in [5.41, 5.74) is 3.54. The first kappa shape index (κ1) is 17.3. The fourth-order valence-electron chi connectivity index (χ4n) is 3.35. The quantitative estimate of drug-likeness (QED) is 0.687. The van der Waals surface area contributed by atoms with E-state index in [1.807, 2.05) is 44.2 Å². The summed E-state index contributed by atoms with van der Waals surface area (Å²) in [4.78, 5) is 11.4. The first-order chi connectivity index (χ1) is 13.2. The molecule has 0 fully saturated rings. The van der Waals surface area contributed by atoms with E-state index in [2.05, 4.69) is 39.5 Å². The monoisotopic (exact) mass is 360 g/mol. The van der Waals surface area contributed by atoms with Gasteiger partial charge in [0.25, 0.3) is 0 Å². The lowest BCUT2D eigenvalue weighted by atomic mass is 10.0. The number of benzene rings is 2. The Balaban J connectivity index is 1.53. The van der Waals surface area contributed by atoms with Gasteiger partial charge >= 0.3 is 0 Å². The first-order valence-electron chi connectivity index (χ1n) is 9.41. The maximum atomic E-state index is 5.69. The summed E-state index contributed by atoms with van der Waals surface area (Å²) in [6, 6.07) is 18.4. The lowest BCUT2D eigenvalue weighted by Crippen LogP contribution is -2.25. The van der Waals surface area contributed by atoms with Gasteiger partial charge in [-0.15, -0.1) is 0 Å². The van der Waals surface area contributed by atoms with Gasteiger partial charge in [-0.1, -0.05) is 18.2 Å². The van der Waals surface area contributed by atoms with Crippen LogP contribution in [0.3, 0.4) is 0 Å². The molecule has 0 spiro atoms. The van der Waals surface area contributed by atoms with Crippen molar-refractivity contribution >= 4 is 23.1 Å². The van der Waals surface area contributed by atoms with Crippen LogP contribution in [-0.2, 0) is 6.42 Å². The number of anilines is 4. The summed E-state index contributed by atoms with van der Waals surface area (Å²) in [6.45, 7) is 5.00. The van der Waals surface area contributed by atoms with Crippen molar-refractivity contribution in [2.75, 3.05) is 16.8 Å². The Morgan fingerprint density at radius 3 is 2.67 bits per heavy atom. The molecule has 1 aliphatic heterocycles. The molecule has 2 aromatic carbocycles. The van der Waals surface area contributed by atoms with Gasteiger partial charge in [0.2, 0.25) is 5.95 Å². The van der Waals surface area contributed by atoms with E-state index < -0.39 is 0 Å². The van der Waals surface area contributed by atoms with Gasteiger partial charge in [0.1, 0.15) is 11.6 Å². The van der Waals surface area contributed by atoms with Crippen LogP contribution in [-0.4, -0.2) is 22.6 Å². The molecule has 1 N–H and O–H groups in total. The number of aryl methyl sites for hydroxylation is 1. The van der Waals surface area contributed by atoms with Crippen LogP contribution in [0, 0.1) is 0 Å². The molecule has 138 valence electrons. The second-order valence-electron chi connectivity index (χ2n) is 6.94. The number of ether oxygens (including phenoxy) is 1. The summed E-state index contributed by atoms with van der Waals surface area (Å²) >= 11 is 0. The van der Waals surface area contributed by atoms with E-state index in [-0.39, 0.29) is 6.10 Å². The maximum Gasteiger partial charge on any atom is 0.229 e. The Morgan fingerprint density at radius 2 is 1.85 bits per heavy atom. The molecule has 0 amide bonds. The van der Waals surface area contributed by atoms with Crippen molar-refractivity contribution in [3.8, 4) is 5.75 Å². The molecular formula is C22H24N4O. The summed E-state index contributed by atoms with van der Waals surface area (Å²) in [5.74, 6) is 2.36. The normalized spacial score (nSPS) is 13.4. The van der Waals surface area contributed by atoms with Crippen LogP contribution in [0.25, 0.3) is 0 Å². The van der Waals surface area contributed by atoms with Crippen LogP contribution in [0.15, 0.2) is 60.8 Å². The Bertz CT molecular complexity index is 908. The lowest BCUT2D eigenvalue weighted by Gasteiger charge is -2.30. The molecule has 2 heterocycles. The number of nitrogens with one attached hydrogen (secondary N) is 1. The molecule has 5 heteroatoms. The molecule has 1 aliphatic rings. The fourth-order valence-corrected chi connectivity index (χ4v) is 3.35. The molecular weight excluding hydrogens is 336 g/mol. The Morgan fingerprint density at radius 1 is 1.04 bits per heavy atom. The molecule has 0 atom stereocenters. The highest BCUT2D eigenvalue weighted by atomic mass is 16.5. The zero-order valence-corrected chi connectivity index (χ0v) is 15.7. The van der Waals surface area contributed by atoms with Crippen molar-refractivity contribution in [3.05, 3.63) is 66.4 Å². The molecule has 0 unspecified atom stereocenters. The average molecular weight is 360 g/mol. The molecule has 5 nitrogen and oxygen atoms in total. The predicted molar refractivity (Wildman–Crippen MR) is 109 cm³/mol. The van der Waals surface area contributed by atoms with E-state index in [9.17, 15) is 0 Å². The van der Waals surface area contributed by atoms with Gasteiger partial charge in [0, 0.05) is 24.1 Å². The predicted octanol–water partition coefficient (Wildman–Crippen LogP) is 5.09. The van der Waals surface area contributed by atoms with Crippen LogP contribution >= 0.6 is 0 Å². The average Bonchev–Trinajstić information content (AvgIpc) is 2.69. The highest BCUT2D eigenvalue weighted by Crippen LogP contribution is 2.32. The molecule has 27 heavy (non-hydrogen) atoms. The van der Waals surface area contributed by atoms with E-state index in [0.29, 0.717) is 5.95 Å². The molecule has 0 bridgehead atoms. The number of hydrogen-bond acceptors (Lipinski definition) is 5. The number of para-hydroxylation sites is 1. The van der Waals surface area contributed by atoms with Gasteiger partial charge < -0.3 is 15.0 Å². The van der Waals surface area contributed by atoms with E-state index in [1.54, 1.807) is 6.20 Å². The summed E-state index contributed by atoms with van der Waals surface area (Å²) < 4.78 is 5.69. The van der Waals surface area contributed by atoms with Gasteiger partial charge in [0.05, 0.1) is 6.10 Å². The number of nitrogens with zero attached hydrogens (tertiary/aromatic N) is 3.